The summed E-state index contributed by atoms with van der Waals surface area (Å²) in [6.45, 7) is 6.48. The van der Waals surface area contributed by atoms with E-state index in [2.05, 4.69) is 5.32 Å². The van der Waals surface area contributed by atoms with Crippen LogP contribution in [0.4, 0.5) is 0 Å². The van der Waals surface area contributed by atoms with Gasteiger partial charge in [0.05, 0.1) is 5.56 Å². The maximum atomic E-state index is 11.4. The van der Waals surface area contributed by atoms with Gasteiger partial charge in [-0.15, -0.1) is 0 Å². The van der Waals surface area contributed by atoms with Crippen molar-refractivity contribution in [2.24, 2.45) is 0 Å². The first-order valence-electron chi connectivity index (χ1n) is 5.46. The van der Waals surface area contributed by atoms with Crippen molar-refractivity contribution < 1.29 is 15.0 Å². The molecule has 1 aromatic carbocycles. The third kappa shape index (κ3) is 3.81. The van der Waals surface area contributed by atoms with Gasteiger partial charge in [0.2, 0.25) is 0 Å². The van der Waals surface area contributed by atoms with E-state index in [-0.39, 0.29) is 23.0 Å². The lowest BCUT2D eigenvalue weighted by molar-refractivity contribution is 0.0950. The normalized spacial score (nSPS) is 8.94. The predicted octanol–water partition coefficient (Wildman–Crippen LogP) is 2.26. The molecular formula is C12H19NO3. The SMILES string of the molecule is CC.CCCNC(=O)c1cccc(O)c1O. The van der Waals surface area contributed by atoms with Crippen LogP contribution in [0.3, 0.4) is 0 Å². The number of para-hydroxylation sites is 1. The monoisotopic (exact) mass is 225 g/mol. The average molecular weight is 225 g/mol. The van der Waals surface area contributed by atoms with Crippen molar-refractivity contribution in [1.82, 2.24) is 5.32 Å². The number of nitrogens with one attached hydrogen (secondary N) is 1. The Morgan fingerprint density at radius 3 is 2.50 bits per heavy atom. The van der Waals surface area contributed by atoms with E-state index in [9.17, 15) is 9.90 Å². The number of carbonyl (C=O) groups is 1. The van der Waals surface area contributed by atoms with Crippen LogP contribution in [0.2, 0.25) is 0 Å². The summed E-state index contributed by atoms with van der Waals surface area (Å²) in [6.07, 6.45) is 0.825. The zero-order valence-corrected chi connectivity index (χ0v) is 9.95. The van der Waals surface area contributed by atoms with E-state index in [4.69, 9.17) is 5.11 Å². The molecule has 0 aliphatic carbocycles. The quantitative estimate of drug-likeness (QED) is 0.691. The molecule has 0 saturated carbocycles. The molecule has 0 fully saturated rings. The van der Waals surface area contributed by atoms with Crippen molar-refractivity contribution in [2.75, 3.05) is 6.54 Å². The van der Waals surface area contributed by atoms with Crippen molar-refractivity contribution in [3.05, 3.63) is 23.8 Å². The molecule has 90 valence electrons. The second-order valence-corrected chi connectivity index (χ2v) is 2.93. The van der Waals surface area contributed by atoms with Crippen LogP contribution in [-0.2, 0) is 0 Å². The van der Waals surface area contributed by atoms with E-state index in [1.165, 1.54) is 18.2 Å². The zero-order valence-electron chi connectivity index (χ0n) is 9.95. The number of carbonyl (C=O) groups excluding carboxylic acids is 1. The number of hydrogen-bond acceptors (Lipinski definition) is 3. The Balaban J connectivity index is 0.00000106. The van der Waals surface area contributed by atoms with Gasteiger partial charge >= 0.3 is 0 Å². The summed E-state index contributed by atoms with van der Waals surface area (Å²) in [7, 11) is 0. The molecule has 0 aromatic heterocycles. The second-order valence-electron chi connectivity index (χ2n) is 2.93. The number of rotatable bonds is 3. The first-order chi connectivity index (χ1) is 7.66. The molecule has 3 N–H and O–H groups in total. The standard InChI is InChI=1S/C10H13NO3.C2H6/c1-2-6-11-10(14)7-4-3-5-8(12)9(7)13;1-2/h3-5,12-13H,2,6H2,1H3,(H,11,14);1-2H3. The molecule has 0 saturated heterocycles. The molecule has 0 aliphatic rings. The zero-order chi connectivity index (χ0) is 12.6. The maximum absolute atomic E-state index is 11.4. The summed E-state index contributed by atoms with van der Waals surface area (Å²) in [6, 6.07) is 4.29. The van der Waals surface area contributed by atoms with E-state index in [0.717, 1.165) is 6.42 Å². The van der Waals surface area contributed by atoms with Crippen LogP contribution in [0.5, 0.6) is 11.5 Å². The van der Waals surface area contributed by atoms with E-state index < -0.39 is 0 Å². The van der Waals surface area contributed by atoms with Gasteiger partial charge in [-0.05, 0) is 18.6 Å². The van der Waals surface area contributed by atoms with Gasteiger partial charge in [0, 0.05) is 6.54 Å². The molecule has 16 heavy (non-hydrogen) atoms. The predicted molar refractivity (Wildman–Crippen MR) is 63.7 cm³/mol. The fourth-order valence-electron chi connectivity index (χ4n) is 1.05. The average Bonchev–Trinajstić information content (AvgIpc) is 2.32. The molecule has 1 amide bonds. The number of aromatic hydroxyl groups is 2. The van der Waals surface area contributed by atoms with E-state index in [1.54, 1.807) is 0 Å². The maximum Gasteiger partial charge on any atom is 0.255 e. The van der Waals surface area contributed by atoms with E-state index >= 15 is 0 Å². The van der Waals surface area contributed by atoms with Gasteiger partial charge in [0.15, 0.2) is 11.5 Å². The minimum absolute atomic E-state index is 0.0958. The smallest absolute Gasteiger partial charge is 0.255 e. The molecule has 0 unspecified atom stereocenters. The minimum Gasteiger partial charge on any atom is -0.504 e. The lowest BCUT2D eigenvalue weighted by Gasteiger charge is -2.06. The molecule has 0 aliphatic heterocycles. The first-order valence-corrected chi connectivity index (χ1v) is 5.46. The Hall–Kier alpha value is -1.71. The molecule has 0 spiro atoms. The van der Waals surface area contributed by atoms with Crippen LogP contribution in [0, 0.1) is 0 Å². The Morgan fingerprint density at radius 1 is 1.31 bits per heavy atom. The molecule has 0 heterocycles. The summed E-state index contributed by atoms with van der Waals surface area (Å²) in [4.78, 5) is 11.4. The van der Waals surface area contributed by atoms with Crippen LogP contribution in [0.1, 0.15) is 37.6 Å². The van der Waals surface area contributed by atoms with Crippen molar-refractivity contribution in [3.63, 3.8) is 0 Å². The molecule has 0 bridgehead atoms. The van der Waals surface area contributed by atoms with Crippen LogP contribution in [0.25, 0.3) is 0 Å². The Labute approximate surface area is 95.9 Å². The second kappa shape index (κ2) is 7.56. The Bertz CT molecular complexity index is 337. The van der Waals surface area contributed by atoms with Crippen molar-refractivity contribution >= 4 is 5.91 Å². The van der Waals surface area contributed by atoms with Gasteiger partial charge < -0.3 is 15.5 Å². The summed E-state index contributed by atoms with van der Waals surface area (Å²) < 4.78 is 0. The van der Waals surface area contributed by atoms with Crippen LogP contribution in [-0.4, -0.2) is 22.7 Å². The number of hydrogen-bond donors (Lipinski definition) is 3. The molecular weight excluding hydrogens is 206 g/mol. The van der Waals surface area contributed by atoms with Crippen LogP contribution >= 0.6 is 0 Å². The highest BCUT2D eigenvalue weighted by Gasteiger charge is 2.12. The van der Waals surface area contributed by atoms with Gasteiger partial charge in [0.1, 0.15) is 0 Å². The summed E-state index contributed by atoms with van der Waals surface area (Å²) in [5.74, 6) is -1.03. The van der Waals surface area contributed by atoms with E-state index in [0.29, 0.717) is 6.54 Å². The fraction of sp³-hybridized carbons (Fsp3) is 0.417. The number of phenolic OH excluding ortho intramolecular Hbond substituents is 2. The summed E-state index contributed by atoms with van der Waals surface area (Å²) >= 11 is 0. The van der Waals surface area contributed by atoms with Gasteiger partial charge in [0.25, 0.3) is 5.91 Å². The van der Waals surface area contributed by atoms with Gasteiger partial charge in [-0.2, -0.15) is 0 Å². The van der Waals surface area contributed by atoms with Gasteiger partial charge in [-0.1, -0.05) is 26.8 Å². The highest BCUT2D eigenvalue weighted by Crippen LogP contribution is 2.27. The summed E-state index contributed by atoms with van der Waals surface area (Å²) in [5, 5.41) is 21.1. The highest BCUT2D eigenvalue weighted by molar-refractivity contribution is 5.97. The number of phenols is 2. The van der Waals surface area contributed by atoms with E-state index in [1.807, 2.05) is 20.8 Å². The largest absolute Gasteiger partial charge is 0.504 e. The van der Waals surface area contributed by atoms with Crippen molar-refractivity contribution in [3.8, 4) is 11.5 Å². The topological polar surface area (TPSA) is 69.6 Å². The van der Waals surface area contributed by atoms with Crippen LogP contribution in [0.15, 0.2) is 18.2 Å². The number of amides is 1. The summed E-state index contributed by atoms with van der Waals surface area (Å²) in [5.41, 5.74) is 0.0958. The fourth-order valence-corrected chi connectivity index (χ4v) is 1.05. The lowest BCUT2D eigenvalue weighted by atomic mass is 10.1. The Morgan fingerprint density at radius 2 is 1.94 bits per heavy atom. The van der Waals surface area contributed by atoms with Gasteiger partial charge in [-0.25, -0.2) is 0 Å². The van der Waals surface area contributed by atoms with Gasteiger partial charge in [-0.3, -0.25) is 4.79 Å². The minimum atomic E-state index is -0.375. The van der Waals surface area contributed by atoms with Crippen molar-refractivity contribution in [1.29, 1.82) is 0 Å². The first kappa shape index (κ1) is 14.3. The molecule has 0 atom stereocenters. The third-order valence-corrected chi connectivity index (χ3v) is 1.79. The molecule has 1 rings (SSSR count). The molecule has 4 heteroatoms. The van der Waals surface area contributed by atoms with Crippen molar-refractivity contribution in [2.45, 2.75) is 27.2 Å². The Kier molecular flexibility index (Phi) is 6.76. The molecule has 4 nitrogen and oxygen atoms in total. The third-order valence-electron chi connectivity index (χ3n) is 1.79. The highest BCUT2D eigenvalue weighted by atomic mass is 16.3. The number of benzene rings is 1. The lowest BCUT2D eigenvalue weighted by Crippen LogP contribution is -2.23. The van der Waals surface area contributed by atoms with Crippen LogP contribution < -0.4 is 5.32 Å². The molecule has 0 radical (unpaired) electrons. The molecule has 1 aromatic rings.